The van der Waals surface area contributed by atoms with Gasteiger partial charge in [0.25, 0.3) is 0 Å². The minimum atomic E-state index is -2.16. The largest absolute Gasteiger partial charge is 0.427 e. The van der Waals surface area contributed by atoms with Crippen LogP contribution in [0.1, 0.15) is 46.0 Å². The lowest BCUT2D eigenvalue weighted by atomic mass is 10.3. The molecule has 1 unspecified atom stereocenters. The number of hydrogen-bond acceptors (Lipinski definition) is 3. The summed E-state index contributed by atoms with van der Waals surface area (Å²) in [4.78, 5) is 3.67. The molecule has 0 heterocycles. The van der Waals surface area contributed by atoms with E-state index in [1.807, 2.05) is 0 Å². The van der Waals surface area contributed by atoms with Crippen LogP contribution in [0.3, 0.4) is 0 Å². The zero-order valence-corrected chi connectivity index (χ0v) is 11.5. The van der Waals surface area contributed by atoms with Crippen molar-refractivity contribution in [2.75, 3.05) is 14.2 Å². The number of hydrogen-bond donors (Lipinski definition) is 1. The van der Waals surface area contributed by atoms with Crippen molar-refractivity contribution in [2.24, 2.45) is 0 Å². The molecule has 0 aromatic heterocycles. The second-order valence-electron chi connectivity index (χ2n) is 4.51. The molecule has 90 valence electrons. The molecule has 0 amide bonds. The van der Waals surface area contributed by atoms with E-state index in [0.717, 1.165) is 6.42 Å². The van der Waals surface area contributed by atoms with Crippen LogP contribution in [0.5, 0.6) is 0 Å². The van der Waals surface area contributed by atoms with E-state index >= 15 is 0 Å². The molecule has 0 aliphatic heterocycles. The average molecular weight is 231 g/mol. The summed E-state index contributed by atoms with van der Waals surface area (Å²) >= 11 is 0. The van der Waals surface area contributed by atoms with Gasteiger partial charge < -0.3 is 8.85 Å². The van der Waals surface area contributed by atoms with Gasteiger partial charge in [-0.05, 0) is 12.8 Å². The summed E-state index contributed by atoms with van der Waals surface area (Å²) in [7, 11) is 1.40. The summed E-state index contributed by atoms with van der Waals surface area (Å²) in [6.45, 7) is 4.42. The molecule has 1 atom stereocenters. The Balaban J connectivity index is 2.61. The Labute approximate surface area is 94.9 Å². The highest BCUT2D eigenvalue weighted by Gasteiger charge is 2.43. The molecule has 1 fully saturated rings. The summed E-state index contributed by atoms with van der Waals surface area (Å²) < 4.78 is 11.4. The Morgan fingerprint density at radius 1 is 1.27 bits per heavy atom. The van der Waals surface area contributed by atoms with Gasteiger partial charge in [0.05, 0.1) is 0 Å². The van der Waals surface area contributed by atoms with Crippen LogP contribution in [0.25, 0.3) is 0 Å². The molecule has 0 spiro atoms. The van der Waals surface area contributed by atoms with Gasteiger partial charge in [-0.15, -0.1) is 0 Å². The highest BCUT2D eigenvalue weighted by molar-refractivity contribution is 6.66. The van der Waals surface area contributed by atoms with E-state index in [2.05, 4.69) is 18.8 Å². The summed E-state index contributed by atoms with van der Waals surface area (Å²) in [6.07, 6.45) is 6.34. The fourth-order valence-electron chi connectivity index (χ4n) is 2.37. The molecular formula is C11H25NO2Si. The summed E-state index contributed by atoms with van der Waals surface area (Å²) in [5, 5.41) is 0. The lowest BCUT2D eigenvalue weighted by Gasteiger charge is -2.35. The standard InChI is InChI=1S/C11H25NO2Si/c1-5-10(2)15(13-3,14-4)12-11-8-6-7-9-11/h10-12H,5-9H2,1-4H3. The third kappa shape index (κ3) is 3.03. The summed E-state index contributed by atoms with van der Waals surface area (Å²) in [6, 6.07) is 0.616. The van der Waals surface area contributed by atoms with Crippen LogP contribution in [-0.2, 0) is 8.85 Å². The van der Waals surface area contributed by atoms with Crippen LogP contribution in [0, 0.1) is 0 Å². The maximum atomic E-state index is 5.71. The van der Waals surface area contributed by atoms with Crippen LogP contribution in [-0.4, -0.2) is 29.0 Å². The van der Waals surface area contributed by atoms with Crippen molar-refractivity contribution in [3.05, 3.63) is 0 Å². The van der Waals surface area contributed by atoms with Crippen LogP contribution in [0.15, 0.2) is 0 Å². The van der Waals surface area contributed by atoms with E-state index in [4.69, 9.17) is 8.85 Å². The van der Waals surface area contributed by atoms with Crippen LogP contribution >= 0.6 is 0 Å². The van der Waals surface area contributed by atoms with E-state index in [9.17, 15) is 0 Å². The quantitative estimate of drug-likeness (QED) is 0.713. The van der Waals surface area contributed by atoms with E-state index in [1.165, 1.54) is 25.7 Å². The average Bonchev–Trinajstić information content (AvgIpc) is 2.77. The van der Waals surface area contributed by atoms with Gasteiger partial charge in [-0.1, -0.05) is 33.1 Å². The van der Waals surface area contributed by atoms with E-state index < -0.39 is 8.72 Å². The fourth-order valence-corrected chi connectivity index (χ4v) is 5.26. The maximum absolute atomic E-state index is 5.71. The van der Waals surface area contributed by atoms with Crippen molar-refractivity contribution < 1.29 is 8.85 Å². The van der Waals surface area contributed by atoms with Crippen molar-refractivity contribution in [2.45, 2.75) is 57.5 Å². The van der Waals surface area contributed by atoms with Crippen molar-refractivity contribution in [3.63, 3.8) is 0 Å². The molecule has 1 aliphatic carbocycles. The van der Waals surface area contributed by atoms with Gasteiger partial charge >= 0.3 is 8.72 Å². The van der Waals surface area contributed by atoms with Crippen molar-refractivity contribution in [3.8, 4) is 0 Å². The molecule has 1 aliphatic rings. The molecule has 0 aromatic rings. The first-order valence-corrected chi connectivity index (χ1v) is 7.96. The fraction of sp³-hybridized carbons (Fsp3) is 1.00. The van der Waals surface area contributed by atoms with Gasteiger partial charge in [0.2, 0.25) is 0 Å². The van der Waals surface area contributed by atoms with Gasteiger partial charge in [0.1, 0.15) is 0 Å². The molecule has 15 heavy (non-hydrogen) atoms. The molecule has 3 nitrogen and oxygen atoms in total. The normalized spacial score (nSPS) is 20.8. The molecule has 0 bridgehead atoms. The summed E-state index contributed by atoms with van der Waals surface area (Å²) in [5.74, 6) is 0. The lowest BCUT2D eigenvalue weighted by Crippen LogP contribution is -2.60. The lowest BCUT2D eigenvalue weighted by molar-refractivity contribution is 0.208. The Morgan fingerprint density at radius 2 is 1.80 bits per heavy atom. The maximum Gasteiger partial charge on any atom is 0.427 e. The third-order valence-electron chi connectivity index (χ3n) is 3.63. The van der Waals surface area contributed by atoms with Gasteiger partial charge in [-0.3, -0.25) is 4.98 Å². The molecule has 0 aromatic carbocycles. The van der Waals surface area contributed by atoms with E-state index in [0.29, 0.717) is 11.6 Å². The monoisotopic (exact) mass is 231 g/mol. The molecular weight excluding hydrogens is 206 g/mol. The zero-order valence-electron chi connectivity index (χ0n) is 10.5. The first-order valence-electron chi connectivity index (χ1n) is 6.06. The predicted octanol–water partition coefficient (Wildman–Crippen LogP) is 2.55. The van der Waals surface area contributed by atoms with Crippen molar-refractivity contribution in [1.82, 2.24) is 4.98 Å². The molecule has 1 rings (SSSR count). The van der Waals surface area contributed by atoms with Gasteiger partial charge in [-0.25, -0.2) is 0 Å². The molecule has 4 heteroatoms. The second kappa shape index (κ2) is 5.99. The predicted molar refractivity (Wildman–Crippen MR) is 64.9 cm³/mol. The first kappa shape index (κ1) is 13.2. The van der Waals surface area contributed by atoms with Gasteiger partial charge in [0, 0.05) is 25.8 Å². The molecule has 0 radical (unpaired) electrons. The number of nitrogens with one attached hydrogen (secondary N) is 1. The zero-order chi connectivity index (χ0) is 11.3. The smallest absolute Gasteiger partial charge is 0.386 e. The third-order valence-corrected chi connectivity index (χ3v) is 7.36. The minimum absolute atomic E-state index is 0.494. The summed E-state index contributed by atoms with van der Waals surface area (Å²) in [5.41, 5.74) is 0.494. The van der Waals surface area contributed by atoms with Crippen LogP contribution < -0.4 is 4.98 Å². The minimum Gasteiger partial charge on any atom is -0.386 e. The van der Waals surface area contributed by atoms with E-state index in [1.54, 1.807) is 14.2 Å². The Hall–Kier alpha value is 0.0969. The Morgan fingerprint density at radius 3 is 2.20 bits per heavy atom. The molecule has 1 saturated carbocycles. The van der Waals surface area contributed by atoms with Gasteiger partial charge in [0.15, 0.2) is 0 Å². The van der Waals surface area contributed by atoms with Crippen LogP contribution in [0.2, 0.25) is 5.54 Å². The first-order chi connectivity index (χ1) is 7.18. The van der Waals surface area contributed by atoms with Crippen molar-refractivity contribution in [1.29, 1.82) is 0 Å². The van der Waals surface area contributed by atoms with Crippen molar-refractivity contribution >= 4 is 8.72 Å². The number of rotatable bonds is 6. The molecule has 0 saturated heterocycles. The van der Waals surface area contributed by atoms with E-state index in [-0.39, 0.29) is 0 Å². The SMILES string of the molecule is CCC(C)[Si](NC1CCCC1)(OC)OC. The molecule has 1 N–H and O–H groups in total. The highest BCUT2D eigenvalue weighted by Crippen LogP contribution is 2.27. The van der Waals surface area contributed by atoms with Gasteiger partial charge in [-0.2, -0.15) is 0 Å². The van der Waals surface area contributed by atoms with Crippen LogP contribution in [0.4, 0.5) is 0 Å². The highest BCUT2D eigenvalue weighted by atomic mass is 28.4. The Kier molecular flexibility index (Phi) is 5.25. The second-order valence-corrected chi connectivity index (χ2v) is 7.94. The Bertz CT molecular complexity index is 179. The topological polar surface area (TPSA) is 30.5 Å².